The Balaban J connectivity index is 0.000000655. The van der Waals surface area contributed by atoms with Crippen LogP contribution in [0.2, 0.25) is 0 Å². The van der Waals surface area contributed by atoms with Crippen molar-refractivity contribution >= 4 is 11.5 Å². The molecule has 1 aromatic carbocycles. The van der Waals surface area contributed by atoms with Gasteiger partial charge < -0.3 is 15.7 Å². The number of aliphatic hydroxyl groups is 1. The van der Waals surface area contributed by atoms with Crippen molar-refractivity contribution in [3.8, 4) is 28.6 Å². The average molecular weight is 496 g/mol. The fourth-order valence-electron chi connectivity index (χ4n) is 5.61. The molecule has 0 amide bonds. The summed E-state index contributed by atoms with van der Waals surface area (Å²) < 4.78 is 1.73. The number of rotatable bonds is 4. The van der Waals surface area contributed by atoms with E-state index >= 15 is 0 Å². The van der Waals surface area contributed by atoms with E-state index in [9.17, 15) is 5.26 Å². The molecule has 8 heteroatoms. The van der Waals surface area contributed by atoms with Crippen molar-refractivity contribution in [1.29, 1.82) is 5.26 Å². The van der Waals surface area contributed by atoms with Gasteiger partial charge in [0.2, 0.25) is 0 Å². The number of fused-ring (bicyclic) bond motifs is 3. The first kappa shape index (κ1) is 24.7. The summed E-state index contributed by atoms with van der Waals surface area (Å²) in [6.45, 7) is 4.28. The number of aliphatic hydroxyl groups excluding tert-OH is 1. The van der Waals surface area contributed by atoms with Gasteiger partial charge in [0.25, 0.3) is 0 Å². The molecule has 2 aliphatic heterocycles. The Morgan fingerprint density at radius 1 is 1.05 bits per heavy atom. The van der Waals surface area contributed by atoms with Gasteiger partial charge >= 0.3 is 0 Å². The topological polar surface area (TPSA) is 116 Å². The van der Waals surface area contributed by atoms with E-state index in [1.165, 1.54) is 0 Å². The van der Waals surface area contributed by atoms with Crippen LogP contribution in [0.4, 0.5) is 5.82 Å². The second-order valence-corrected chi connectivity index (χ2v) is 9.88. The lowest BCUT2D eigenvalue weighted by molar-refractivity contribution is 0.196. The second-order valence-electron chi connectivity index (χ2n) is 9.88. The zero-order valence-electron chi connectivity index (χ0n) is 21.4. The Morgan fingerprint density at radius 3 is 2.35 bits per heavy atom. The summed E-state index contributed by atoms with van der Waals surface area (Å²) in [5.74, 6) is 0.936. The largest absolute Gasteiger partial charge is 0.396 e. The zero-order valence-corrected chi connectivity index (χ0v) is 21.4. The van der Waals surface area contributed by atoms with Crippen molar-refractivity contribution in [1.82, 2.24) is 24.5 Å². The highest BCUT2D eigenvalue weighted by molar-refractivity contribution is 5.79. The number of aromatic nitrogens is 4. The first-order valence-corrected chi connectivity index (χ1v) is 13.0. The van der Waals surface area contributed by atoms with Gasteiger partial charge in [-0.15, -0.1) is 0 Å². The molecule has 2 atom stereocenters. The third kappa shape index (κ3) is 4.63. The fraction of sp³-hybridized carbons (Fsp3) is 0.379. The van der Waals surface area contributed by atoms with Gasteiger partial charge in [0.15, 0.2) is 11.8 Å². The summed E-state index contributed by atoms with van der Waals surface area (Å²) in [6, 6.07) is 14.9. The van der Waals surface area contributed by atoms with Crippen LogP contribution in [0.5, 0.6) is 0 Å². The maximum atomic E-state index is 9.52. The third-order valence-electron chi connectivity index (χ3n) is 7.57. The Kier molecular flexibility index (Phi) is 7.06. The number of hydrogen-bond acceptors (Lipinski definition) is 7. The highest BCUT2D eigenvalue weighted by Gasteiger charge is 2.42. The van der Waals surface area contributed by atoms with Gasteiger partial charge in [-0.1, -0.05) is 43.3 Å². The first-order valence-electron chi connectivity index (χ1n) is 13.0. The van der Waals surface area contributed by atoms with E-state index in [-0.39, 0.29) is 0 Å². The van der Waals surface area contributed by atoms with E-state index in [0.717, 1.165) is 71.4 Å². The molecule has 2 fully saturated rings. The summed E-state index contributed by atoms with van der Waals surface area (Å²) in [4.78, 5) is 11.8. The van der Waals surface area contributed by atoms with Gasteiger partial charge in [-0.25, -0.2) is 4.98 Å². The van der Waals surface area contributed by atoms with Crippen molar-refractivity contribution in [2.45, 2.75) is 64.0 Å². The van der Waals surface area contributed by atoms with E-state index in [0.29, 0.717) is 30.4 Å². The molecule has 2 unspecified atom stereocenters. The molecule has 0 aliphatic carbocycles. The molecule has 2 saturated heterocycles. The van der Waals surface area contributed by atoms with Crippen LogP contribution in [0, 0.1) is 18.4 Å². The average Bonchev–Trinajstić information content (AvgIpc) is 3.48. The number of hydrogen-bond donors (Lipinski definition) is 2. The minimum absolute atomic E-state index is 0.306. The van der Waals surface area contributed by atoms with Gasteiger partial charge in [0.05, 0.1) is 17.6 Å². The Bertz CT molecular complexity index is 1390. The molecule has 0 spiro atoms. The Hall–Kier alpha value is -3.96. The van der Waals surface area contributed by atoms with Crippen LogP contribution in [0.15, 0.2) is 54.9 Å². The number of nitrogens with zero attached hydrogens (tertiary/aromatic N) is 6. The van der Waals surface area contributed by atoms with Gasteiger partial charge in [0, 0.05) is 53.1 Å². The molecule has 3 N–H and O–H groups in total. The predicted molar refractivity (Wildman–Crippen MR) is 144 cm³/mol. The lowest BCUT2D eigenvalue weighted by Gasteiger charge is -2.35. The summed E-state index contributed by atoms with van der Waals surface area (Å²) in [5, 5.41) is 21.9. The number of piperidine rings is 1. The van der Waals surface area contributed by atoms with Crippen LogP contribution in [0.1, 0.15) is 56.2 Å². The second kappa shape index (κ2) is 10.6. The van der Waals surface area contributed by atoms with E-state index < -0.39 is 0 Å². The van der Waals surface area contributed by atoms with Crippen molar-refractivity contribution in [3.63, 3.8) is 0 Å². The highest BCUT2D eigenvalue weighted by Crippen LogP contribution is 2.43. The van der Waals surface area contributed by atoms with Gasteiger partial charge in [-0.05, 0) is 45.1 Å². The Labute approximate surface area is 217 Å². The molecular formula is C29H33N7O. The predicted octanol–water partition coefficient (Wildman–Crippen LogP) is 4.93. The minimum atomic E-state index is 0.306. The fourth-order valence-corrected chi connectivity index (χ4v) is 5.61. The smallest absolute Gasteiger partial charge is 0.179 e. The third-order valence-corrected chi connectivity index (χ3v) is 7.57. The van der Waals surface area contributed by atoms with Gasteiger partial charge in [-0.2, -0.15) is 14.9 Å². The first-order chi connectivity index (χ1) is 18.0. The van der Waals surface area contributed by atoms with Crippen LogP contribution in [-0.2, 0) is 0 Å². The molecule has 3 aromatic heterocycles. The monoisotopic (exact) mass is 495 g/mol. The lowest BCUT2D eigenvalue weighted by Crippen LogP contribution is -2.39. The van der Waals surface area contributed by atoms with Crippen molar-refractivity contribution in [3.05, 3.63) is 66.1 Å². The molecule has 37 heavy (non-hydrogen) atoms. The van der Waals surface area contributed by atoms with E-state index in [1.54, 1.807) is 4.52 Å². The molecule has 2 bridgehead atoms. The Morgan fingerprint density at radius 2 is 1.76 bits per heavy atom. The summed E-state index contributed by atoms with van der Waals surface area (Å²) in [6.07, 6.45) is 11.0. The highest BCUT2D eigenvalue weighted by atomic mass is 16.2. The molecule has 5 heterocycles. The molecule has 0 radical (unpaired) electrons. The number of anilines is 1. The number of pyridine rings is 1. The van der Waals surface area contributed by atoms with Crippen LogP contribution in [0.25, 0.3) is 28.0 Å². The maximum absolute atomic E-state index is 9.52. The van der Waals surface area contributed by atoms with Crippen LogP contribution in [-0.4, -0.2) is 48.3 Å². The minimum Gasteiger partial charge on any atom is -0.396 e. The molecule has 8 nitrogen and oxygen atoms in total. The summed E-state index contributed by atoms with van der Waals surface area (Å²) in [7, 11) is 0. The van der Waals surface area contributed by atoms with Crippen molar-refractivity contribution in [2.24, 2.45) is 0 Å². The van der Waals surface area contributed by atoms with Gasteiger partial charge in [-0.3, -0.25) is 4.98 Å². The molecule has 6 rings (SSSR count). The summed E-state index contributed by atoms with van der Waals surface area (Å²) in [5.41, 5.74) is 13.2. The van der Waals surface area contributed by atoms with Crippen LogP contribution < -0.4 is 5.73 Å². The van der Waals surface area contributed by atoms with Crippen molar-refractivity contribution in [2.75, 3.05) is 12.3 Å². The number of nitrogen functional groups attached to an aromatic ring is 1. The van der Waals surface area contributed by atoms with E-state index in [4.69, 9.17) is 15.8 Å². The van der Waals surface area contributed by atoms with E-state index in [1.807, 2.05) is 55.4 Å². The van der Waals surface area contributed by atoms with Gasteiger partial charge in [0.1, 0.15) is 5.82 Å². The summed E-state index contributed by atoms with van der Waals surface area (Å²) >= 11 is 0. The normalized spacial score (nSPS) is 20.4. The van der Waals surface area contributed by atoms with Crippen LogP contribution in [0.3, 0.4) is 0 Å². The number of benzene rings is 1. The number of nitriles is 1. The standard InChI is InChI=1S/C26H25N7.C3H8O/c1-16-24(19-11-20-8-9-21(12-19)32(20)15-27)31-26-22(14-30-33(26)25(16)28)18-7-10-23(29-13-18)17-5-3-2-4-6-17;1-2-3-4/h2-7,10,13-14,19-21H,8-9,11-12,28H2,1H3;4H,2-3H2,1H3. The lowest BCUT2D eigenvalue weighted by atomic mass is 9.86. The molecule has 2 aliphatic rings. The zero-order chi connectivity index (χ0) is 25.9. The SMILES string of the molecule is CCCO.Cc1c(C2CC3CCC(C2)N3C#N)nc2c(-c3ccc(-c4ccccc4)nc3)cnn2c1N. The molecule has 0 saturated carbocycles. The number of nitrogens with two attached hydrogens (primary N) is 1. The van der Waals surface area contributed by atoms with E-state index in [2.05, 4.69) is 34.5 Å². The molecule has 190 valence electrons. The van der Waals surface area contributed by atoms with Crippen molar-refractivity contribution < 1.29 is 5.11 Å². The quantitative estimate of drug-likeness (QED) is 0.386. The van der Waals surface area contributed by atoms with Crippen LogP contribution >= 0.6 is 0 Å². The maximum Gasteiger partial charge on any atom is 0.179 e. The molecular weight excluding hydrogens is 462 g/mol. The molecule has 4 aromatic rings.